The molecule has 0 bridgehead atoms. The smallest absolute Gasteiger partial charge is 0.261 e. The third kappa shape index (κ3) is 2.45. The zero-order valence-electron chi connectivity index (χ0n) is 11.0. The number of aromatic nitrogens is 1. The van der Waals surface area contributed by atoms with E-state index in [9.17, 15) is 13.6 Å². The van der Waals surface area contributed by atoms with Crippen molar-refractivity contribution in [3.63, 3.8) is 0 Å². The molecule has 0 aliphatic rings. The molecule has 0 saturated heterocycles. The highest BCUT2D eigenvalue weighted by atomic mass is 19.1. The number of halogens is 2. The highest BCUT2D eigenvalue weighted by Crippen LogP contribution is 2.22. The van der Waals surface area contributed by atoms with Gasteiger partial charge < -0.3 is 10.2 Å². The van der Waals surface area contributed by atoms with Crippen LogP contribution in [-0.4, -0.2) is 25.0 Å². The second-order valence-corrected chi connectivity index (χ2v) is 4.09. The van der Waals surface area contributed by atoms with Gasteiger partial charge in [0.1, 0.15) is 5.82 Å². The average Bonchev–Trinajstić information content (AvgIpc) is 2.46. The molecule has 2 aromatic rings. The van der Waals surface area contributed by atoms with Crippen LogP contribution < -0.4 is 10.2 Å². The van der Waals surface area contributed by atoms with E-state index in [0.717, 1.165) is 4.90 Å². The fourth-order valence-corrected chi connectivity index (χ4v) is 1.80. The van der Waals surface area contributed by atoms with E-state index in [0.29, 0.717) is 0 Å². The molecule has 6 heteroatoms. The summed E-state index contributed by atoms with van der Waals surface area (Å²) in [4.78, 5) is 17.1. The Balaban J connectivity index is 2.39. The predicted molar refractivity (Wildman–Crippen MR) is 72.9 cm³/mol. The number of benzene rings is 1. The number of anilines is 2. The minimum Gasteiger partial charge on any atom is -0.371 e. The Labute approximate surface area is 115 Å². The van der Waals surface area contributed by atoms with Crippen molar-refractivity contribution in [3.8, 4) is 0 Å². The average molecular weight is 277 g/mol. The number of para-hydroxylation sites is 1. The first kappa shape index (κ1) is 13.9. The highest BCUT2D eigenvalue weighted by Gasteiger charge is 2.21. The second-order valence-electron chi connectivity index (χ2n) is 4.09. The van der Waals surface area contributed by atoms with Crippen LogP contribution in [0.1, 0.15) is 10.4 Å². The molecular weight excluding hydrogens is 264 g/mol. The van der Waals surface area contributed by atoms with E-state index < -0.39 is 17.5 Å². The number of carbonyl (C=O) groups excluding carboxylic acids is 1. The van der Waals surface area contributed by atoms with Crippen molar-refractivity contribution in [2.24, 2.45) is 0 Å². The monoisotopic (exact) mass is 277 g/mol. The molecule has 2 rings (SSSR count). The molecule has 0 saturated carbocycles. The Morgan fingerprint density at radius 3 is 2.60 bits per heavy atom. The first-order valence-electron chi connectivity index (χ1n) is 5.91. The van der Waals surface area contributed by atoms with E-state index in [1.807, 2.05) is 0 Å². The maximum atomic E-state index is 14.0. The Bertz CT molecular complexity index is 646. The van der Waals surface area contributed by atoms with Crippen molar-refractivity contribution in [1.82, 2.24) is 4.98 Å². The lowest BCUT2D eigenvalue weighted by Crippen LogP contribution is -2.28. The maximum absolute atomic E-state index is 14.0. The van der Waals surface area contributed by atoms with Crippen molar-refractivity contribution in [1.29, 1.82) is 0 Å². The van der Waals surface area contributed by atoms with E-state index in [2.05, 4.69) is 10.3 Å². The first-order chi connectivity index (χ1) is 9.56. The predicted octanol–water partition coefficient (Wildman–Crippen LogP) is 2.68. The van der Waals surface area contributed by atoms with Crippen LogP contribution in [-0.2, 0) is 0 Å². The Morgan fingerprint density at radius 1 is 1.25 bits per heavy atom. The molecule has 20 heavy (non-hydrogen) atoms. The standard InChI is InChI=1S/C14H13F2N3O/c1-17-13-12(16)9(7-8-18-13)14(20)19(2)11-6-4-3-5-10(11)15/h3-8H,1-2H3,(H,17,18). The molecule has 1 heterocycles. The first-order valence-corrected chi connectivity index (χ1v) is 5.91. The maximum Gasteiger partial charge on any atom is 0.261 e. The van der Waals surface area contributed by atoms with Crippen LogP contribution in [0.4, 0.5) is 20.3 Å². The molecule has 1 amide bonds. The molecule has 0 spiro atoms. The van der Waals surface area contributed by atoms with Crippen LogP contribution in [0.5, 0.6) is 0 Å². The van der Waals surface area contributed by atoms with Gasteiger partial charge >= 0.3 is 0 Å². The Kier molecular flexibility index (Phi) is 3.93. The lowest BCUT2D eigenvalue weighted by Gasteiger charge is -2.18. The summed E-state index contributed by atoms with van der Waals surface area (Å²) in [6.07, 6.45) is 1.32. The fourth-order valence-electron chi connectivity index (χ4n) is 1.80. The number of hydrogen-bond donors (Lipinski definition) is 1. The summed E-state index contributed by atoms with van der Waals surface area (Å²) < 4.78 is 27.7. The number of nitrogens with one attached hydrogen (secondary N) is 1. The third-order valence-corrected chi connectivity index (χ3v) is 2.87. The van der Waals surface area contributed by atoms with Gasteiger partial charge in [-0.1, -0.05) is 12.1 Å². The van der Waals surface area contributed by atoms with Gasteiger partial charge in [-0.3, -0.25) is 4.79 Å². The minimum atomic E-state index is -0.761. The number of nitrogens with zero attached hydrogens (tertiary/aromatic N) is 2. The van der Waals surface area contributed by atoms with Crippen LogP contribution in [0.3, 0.4) is 0 Å². The van der Waals surface area contributed by atoms with Crippen molar-refractivity contribution < 1.29 is 13.6 Å². The molecule has 104 valence electrons. The van der Waals surface area contributed by atoms with E-state index in [1.165, 1.54) is 44.6 Å². The Hall–Kier alpha value is -2.50. The van der Waals surface area contributed by atoms with Gasteiger partial charge in [0.15, 0.2) is 11.6 Å². The van der Waals surface area contributed by atoms with E-state index >= 15 is 0 Å². The zero-order valence-corrected chi connectivity index (χ0v) is 11.0. The summed E-state index contributed by atoms with van der Waals surface area (Å²) in [5.41, 5.74) is -0.0881. The second kappa shape index (κ2) is 5.64. The summed E-state index contributed by atoms with van der Waals surface area (Å²) in [6.45, 7) is 0. The van der Waals surface area contributed by atoms with Crippen LogP contribution in [0.15, 0.2) is 36.5 Å². The topological polar surface area (TPSA) is 45.2 Å². The molecule has 0 atom stereocenters. The van der Waals surface area contributed by atoms with Crippen LogP contribution in [0, 0.1) is 11.6 Å². The molecule has 1 aromatic carbocycles. The van der Waals surface area contributed by atoms with Gasteiger partial charge in [0.25, 0.3) is 5.91 Å². The molecule has 0 aliphatic heterocycles. The van der Waals surface area contributed by atoms with Crippen molar-refractivity contribution in [2.75, 3.05) is 24.3 Å². The van der Waals surface area contributed by atoms with Crippen LogP contribution >= 0.6 is 0 Å². The van der Waals surface area contributed by atoms with Gasteiger partial charge in [-0.15, -0.1) is 0 Å². The van der Waals surface area contributed by atoms with Crippen LogP contribution in [0.2, 0.25) is 0 Å². The molecule has 0 aliphatic carbocycles. The number of hydrogen-bond acceptors (Lipinski definition) is 3. The quantitative estimate of drug-likeness (QED) is 0.938. The molecule has 0 radical (unpaired) electrons. The number of carbonyl (C=O) groups is 1. The van der Waals surface area contributed by atoms with Crippen molar-refractivity contribution >= 4 is 17.4 Å². The molecule has 4 nitrogen and oxygen atoms in total. The molecule has 0 unspecified atom stereocenters. The SMILES string of the molecule is CNc1nccc(C(=O)N(C)c2ccccc2F)c1F. The number of rotatable bonds is 3. The summed E-state index contributed by atoms with van der Waals surface area (Å²) in [6, 6.07) is 7.07. The Morgan fingerprint density at radius 2 is 1.95 bits per heavy atom. The van der Waals surface area contributed by atoms with Gasteiger partial charge in [0, 0.05) is 20.3 Å². The summed E-state index contributed by atoms with van der Waals surface area (Å²) >= 11 is 0. The molecule has 0 fully saturated rings. The number of amides is 1. The van der Waals surface area contributed by atoms with Gasteiger partial charge in [0.05, 0.1) is 11.3 Å². The number of pyridine rings is 1. The van der Waals surface area contributed by atoms with Gasteiger partial charge in [-0.05, 0) is 18.2 Å². The largest absolute Gasteiger partial charge is 0.371 e. The van der Waals surface area contributed by atoms with Crippen molar-refractivity contribution in [2.45, 2.75) is 0 Å². The lowest BCUT2D eigenvalue weighted by atomic mass is 10.2. The third-order valence-electron chi connectivity index (χ3n) is 2.87. The highest BCUT2D eigenvalue weighted by molar-refractivity contribution is 6.06. The van der Waals surface area contributed by atoms with Gasteiger partial charge in [-0.2, -0.15) is 0 Å². The molecular formula is C14H13F2N3O. The minimum absolute atomic E-state index is 0.0298. The summed E-state index contributed by atoms with van der Waals surface area (Å²) in [7, 11) is 2.89. The normalized spacial score (nSPS) is 10.2. The zero-order chi connectivity index (χ0) is 14.7. The van der Waals surface area contributed by atoms with Crippen molar-refractivity contribution in [3.05, 3.63) is 53.7 Å². The molecule has 1 N–H and O–H groups in total. The van der Waals surface area contributed by atoms with Gasteiger partial charge in [-0.25, -0.2) is 13.8 Å². The van der Waals surface area contributed by atoms with E-state index in [-0.39, 0.29) is 17.1 Å². The summed E-state index contributed by atoms with van der Waals surface area (Å²) in [5.74, 6) is -1.99. The van der Waals surface area contributed by atoms with E-state index in [4.69, 9.17) is 0 Å². The van der Waals surface area contributed by atoms with E-state index in [1.54, 1.807) is 6.07 Å². The fraction of sp³-hybridized carbons (Fsp3) is 0.143. The molecule has 1 aromatic heterocycles. The summed E-state index contributed by atoms with van der Waals surface area (Å²) in [5, 5.41) is 2.55. The lowest BCUT2D eigenvalue weighted by molar-refractivity contribution is 0.0988. The van der Waals surface area contributed by atoms with Crippen LogP contribution in [0.25, 0.3) is 0 Å². The van der Waals surface area contributed by atoms with Gasteiger partial charge in [0.2, 0.25) is 0 Å².